The second-order valence-corrected chi connectivity index (χ2v) is 16.3. The maximum absolute atomic E-state index is 12.8. The molecule has 0 aromatic rings. The average molecular weight is 805 g/mol. The van der Waals surface area contributed by atoms with E-state index >= 15 is 0 Å². The van der Waals surface area contributed by atoms with E-state index < -0.39 is 24.3 Å². The predicted octanol–water partition coefficient (Wildman–Crippen LogP) is 12.0. The number of unbranched alkanes of at least 4 members (excludes halogenated alkanes) is 18. The average Bonchev–Trinajstić information content (AvgIpc) is 3.17. The van der Waals surface area contributed by atoms with Crippen molar-refractivity contribution in [3.63, 3.8) is 0 Å². The molecule has 0 heterocycles. The molecule has 0 spiro atoms. The number of carbonyl (C=O) groups excluding carboxylic acids is 2. The SMILES string of the molecule is CC/C=C\C/C=C\C/C=C\C/C=C\CCCCCCCCC(=O)OC(COC(=O)CCCCCCCCCCCCCCC)COC(OCC[N+](C)(C)C)C(=O)O. The Bertz CT molecular complexity index is 1080. The molecule has 330 valence electrons. The van der Waals surface area contributed by atoms with E-state index in [0.717, 1.165) is 83.5 Å². The zero-order valence-corrected chi connectivity index (χ0v) is 37.2. The fourth-order valence-electron chi connectivity index (χ4n) is 6.06. The van der Waals surface area contributed by atoms with Crippen molar-refractivity contribution in [3.05, 3.63) is 48.6 Å². The maximum Gasteiger partial charge on any atom is 0.361 e. The van der Waals surface area contributed by atoms with Crippen molar-refractivity contribution in [1.82, 2.24) is 0 Å². The summed E-state index contributed by atoms with van der Waals surface area (Å²) in [6.07, 6.45) is 43.1. The number of hydrogen-bond acceptors (Lipinski definition) is 7. The summed E-state index contributed by atoms with van der Waals surface area (Å²) in [6.45, 7) is 4.74. The number of aliphatic carboxylic acids is 1. The fourth-order valence-corrected chi connectivity index (χ4v) is 6.06. The molecule has 2 atom stereocenters. The molecule has 0 amide bonds. The number of nitrogens with zero attached hydrogens (tertiary/aromatic N) is 1. The maximum atomic E-state index is 12.8. The van der Waals surface area contributed by atoms with Crippen LogP contribution in [0.5, 0.6) is 0 Å². The van der Waals surface area contributed by atoms with Crippen LogP contribution in [-0.4, -0.2) is 87.4 Å². The molecule has 0 aliphatic rings. The van der Waals surface area contributed by atoms with Crippen LogP contribution in [0.3, 0.4) is 0 Å². The summed E-state index contributed by atoms with van der Waals surface area (Å²) < 4.78 is 22.7. The van der Waals surface area contributed by atoms with Crippen LogP contribution in [0.2, 0.25) is 0 Å². The highest BCUT2D eigenvalue weighted by Gasteiger charge is 2.25. The molecular weight excluding hydrogens is 719 g/mol. The minimum Gasteiger partial charge on any atom is -0.477 e. The Labute approximate surface area is 349 Å². The molecule has 9 heteroatoms. The number of rotatable bonds is 41. The van der Waals surface area contributed by atoms with Crippen LogP contribution >= 0.6 is 0 Å². The molecule has 0 radical (unpaired) electrons. The van der Waals surface area contributed by atoms with Gasteiger partial charge in [0.05, 0.1) is 34.4 Å². The second-order valence-electron chi connectivity index (χ2n) is 16.3. The monoisotopic (exact) mass is 805 g/mol. The van der Waals surface area contributed by atoms with Crippen molar-refractivity contribution >= 4 is 17.9 Å². The van der Waals surface area contributed by atoms with E-state index in [9.17, 15) is 19.5 Å². The number of likely N-dealkylation sites (N-methyl/N-ethyl adjacent to an activating group) is 1. The van der Waals surface area contributed by atoms with Crippen LogP contribution in [0.15, 0.2) is 48.6 Å². The first-order valence-electron chi connectivity index (χ1n) is 22.8. The Balaban J connectivity index is 4.45. The molecule has 0 rings (SSSR count). The third-order valence-electron chi connectivity index (χ3n) is 9.60. The number of quaternary nitrogens is 1. The summed E-state index contributed by atoms with van der Waals surface area (Å²) in [5, 5.41) is 9.63. The topological polar surface area (TPSA) is 108 Å². The van der Waals surface area contributed by atoms with Gasteiger partial charge in [-0.3, -0.25) is 9.59 Å². The van der Waals surface area contributed by atoms with Gasteiger partial charge in [0.2, 0.25) is 0 Å². The van der Waals surface area contributed by atoms with Crippen molar-refractivity contribution in [2.75, 3.05) is 47.5 Å². The van der Waals surface area contributed by atoms with Crippen LogP contribution in [0.4, 0.5) is 0 Å². The third kappa shape index (κ3) is 41.2. The molecule has 1 N–H and O–H groups in total. The highest BCUT2D eigenvalue weighted by Crippen LogP contribution is 2.14. The highest BCUT2D eigenvalue weighted by molar-refractivity contribution is 5.71. The smallest absolute Gasteiger partial charge is 0.361 e. The standard InChI is InChI=1S/C48H85NO8/c1-6-8-10-12-14-16-18-20-21-22-23-24-25-27-29-31-33-35-37-39-46(51)57-44(43-56-48(47(52)53)54-41-40-49(3,4)5)42-55-45(50)38-36-34-32-30-28-26-19-17-15-13-11-9-7-2/h8,10,14,16,20-21,23-24,44,48H,6-7,9,11-13,15,17-19,22,25-43H2,1-5H3/p+1/b10-8-,16-14-,21-20-,24-23-. The first kappa shape index (κ1) is 54.2. The number of hydrogen-bond donors (Lipinski definition) is 1. The normalized spacial score (nSPS) is 13.4. The van der Waals surface area contributed by atoms with Gasteiger partial charge >= 0.3 is 17.9 Å². The lowest BCUT2D eigenvalue weighted by atomic mass is 10.0. The number of ether oxygens (including phenoxy) is 4. The molecule has 2 unspecified atom stereocenters. The molecule has 0 aliphatic heterocycles. The van der Waals surface area contributed by atoms with Gasteiger partial charge in [0.15, 0.2) is 6.10 Å². The molecule has 0 aromatic heterocycles. The van der Waals surface area contributed by atoms with Crippen molar-refractivity contribution in [1.29, 1.82) is 0 Å². The van der Waals surface area contributed by atoms with Gasteiger partial charge < -0.3 is 28.5 Å². The lowest BCUT2D eigenvalue weighted by Crippen LogP contribution is -2.40. The van der Waals surface area contributed by atoms with E-state index in [2.05, 4.69) is 62.5 Å². The molecule has 0 saturated heterocycles. The van der Waals surface area contributed by atoms with Gasteiger partial charge in [-0.15, -0.1) is 0 Å². The summed E-state index contributed by atoms with van der Waals surface area (Å²) >= 11 is 0. The number of carbonyl (C=O) groups is 3. The van der Waals surface area contributed by atoms with Crippen LogP contribution in [0.25, 0.3) is 0 Å². The molecule has 0 fully saturated rings. The first-order chi connectivity index (χ1) is 27.6. The van der Waals surface area contributed by atoms with Crippen LogP contribution in [0, 0.1) is 0 Å². The Kier molecular flexibility index (Phi) is 38.1. The second kappa shape index (κ2) is 40.0. The lowest BCUT2D eigenvalue weighted by molar-refractivity contribution is -0.870. The van der Waals surface area contributed by atoms with Gasteiger partial charge in [-0.05, 0) is 51.4 Å². The molecule has 57 heavy (non-hydrogen) atoms. The molecule has 0 aromatic carbocycles. The quantitative estimate of drug-likeness (QED) is 0.0214. The van der Waals surface area contributed by atoms with Crippen LogP contribution in [-0.2, 0) is 33.3 Å². The zero-order chi connectivity index (χ0) is 42.1. The minimum atomic E-state index is -1.51. The molecule has 9 nitrogen and oxygen atoms in total. The lowest BCUT2D eigenvalue weighted by Gasteiger charge is -2.25. The Morgan fingerprint density at radius 3 is 1.49 bits per heavy atom. The van der Waals surface area contributed by atoms with E-state index in [-0.39, 0.29) is 32.2 Å². The minimum absolute atomic E-state index is 0.184. The molecule has 0 saturated carbocycles. The summed E-state index contributed by atoms with van der Waals surface area (Å²) in [4.78, 5) is 37.1. The zero-order valence-electron chi connectivity index (χ0n) is 37.2. The van der Waals surface area contributed by atoms with Gasteiger partial charge in [0.1, 0.15) is 13.2 Å². The van der Waals surface area contributed by atoms with Crippen molar-refractivity contribution in [3.8, 4) is 0 Å². The van der Waals surface area contributed by atoms with Crippen molar-refractivity contribution < 1.29 is 42.9 Å². The van der Waals surface area contributed by atoms with Gasteiger partial charge in [0, 0.05) is 12.8 Å². The fraction of sp³-hybridized carbons (Fsp3) is 0.771. The summed E-state index contributed by atoms with van der Waals surface area (Å²) in [6, 6.07) is 0. The Morgan fingerprint density at radius 2 is 1.00 bits per heavy atom. The third-order valence-corrected chi connectivity index (χ3v) is 9.60. The number of esters is 2. The van der Waals surface area contributed by atoms with Crippen molar-refractivity contribution in [2.45, 2.75) is 193 Å². The Hall–Kier alpha value is -2.75. The number of allylic oxidation sites excluding steroid dienone is 8. The molecular formula is C48H86NO8+. The van der Waals surface area contributed by atoms with Gasteiger partial charge in [-0.2, -0.15) is 0 Å². The highest BCUT2D eigenvalue weighted by atomic mass is 16.7. The summed E-state index contributed by atoms with van der Waals surface area (Å²) in [5.74, 6) is -2.03. The van der Waals surface area contributed by atoms with E-state index in [1.165, 1.54) is 64.2 Å². The van der Waals surface area contributed by atoms with Gasteiger partial charge in [0.25, 0.3) is 6.29 Å². The van der Waals surface area contributed by atoms with E-state index in [4.69, 9.17) is 18.9 Å². The molecule has 0 aliphatic carbocycles. The van der Waals surface area contributed by atoms with E-state index in [0.29, 0.717) is 23.9 Å². The van der Waals surface area contributed by atoms with Crippen LogP contribution < -0.4 is 0 Å². The first-order valence-corrected chi connectivity index (χ1v) is 22.8. The Morgan fingerprint density at radius 1 is 0.544 bits per heavy atom. The van der Waals surface area contributed by atoms with Gasteiger partial charge in [-0.25, -0.2) is 4.79 Å². The molecule has 0 bridgehead atoms. The van der Waals surface area contributed by atoms with Gasteiger partial charge in [-0.1, -0.05) is 165 Å². The van der Waals surface area contributed by atoms with E-state index in [1.807, 2.05) is 21.1 Å². The number of carboxylic acids is 1. The largest absolute Gasteiger partial charge is 0.477 e. The summed E-state index contributed by atoms with van der Waals surface area (Å²) in [7, 11) is 5.95. The van der Waals surface area contributed by atoms with Crippen LogP contribution in [0.1, 0.15) is 181 Å². The predicted molar refractivity (Wildman–Crippen MR) is 235 cm³/mol. The number of carboxylic acid groups (broad SMARTS) is 1. The van der Waals surface area contributed by atoms with E-state index in [1.54, 1.807) is 0 Å². The van der Waals surface area contributed by atoms with Crippen molar-refractivity contribution in [2.24, 2.45) is 0 Å². The summed E-state index contributed by atoms with van der Waals surface area (Å²) in [5.41, 5.74) is 0.